The first-order chi connectivity index (χ1) is 12.2. The fraction of sp³-hybridized carbons (Fsp3) is 0.278. The number of aliphatic carboxylic acids is 1. The molecule has 2 aromatic rings. The quantitative estimate of drug-likeness (QED) is 0.733. The topological polar surface area (TPSA) is 92.7 Å². The van der Waals surface area contributed by atoms with Gasteiger partial charge in [0.15, 0.2) is 11.6 Å². The lowest BCUT2D eigenvalue weighted by Crippen LogP contribution is -2.38. The predicted octanol–water partition coefficient (Wildman–Crippen LogP) is 2.51. The van der Waals surface area contributed by atoms with Crippen LogP contribution in [0.4, 0.5) is 4.39 Å². The number of halogens is 1. The summed E-state index contributed by atoms with van der Waals surface area (Å²) in [5.41, 5.74) is 1.46. The van der Waals surface area contributed by atoms with Gasteiger partial charge in [0.05, 0.1) is 18.4 Å². The van der Waals surface area contributed by atoms with Crippen LogP contribution < -0.4 is 9.46 Å². The van der Waals surface area contributed by atoms with Gasteiger partial charge in [0.2, 0.25) is 10.0 Å². The Hall–Kier alpha value is -2.45. The van der Waals surface area contributed by atoms with Gasteiger partial charge in [-0.15, -0.1) is 0 Å². The summed E-state index contributed by atoms with van der Waals surface area (Å²) in [5.74, 6) is -1.68. The van der Waals surface area contributed by atoms with Crippen molar-refractivity contribution in [2.45, 2.75) is 30.7 Å². The second kappa shape index (κ2) is 8.29. The zero-order chi connectivity index (χ0) is 19.3. The van der Waals surface area contributed by atoms with Gasteiger partial charge in [-0.1, -0.05) is 23.8 Å². The SMILES string of the molecule is COc1cc(C[C@H](CC(=O)O)NS(=O)(=O)c2ccc(C)cc2)ccc1F. The third-order valence-corrected chi connectivity index (χ3v) is 5.31. The summed E-state index contributed by atoms with van der Waals surface area (Å²) < 4.78 is 45.9. The van der Waals surface area contributed by atoms with Gasteiger partial charge in [-0.25, -0.2) is 17.5 Å². The third-order valence-electron chi connectivity index (χ3n) is 3.77. The summed E-state index contributed by atoms with van der Waals surface area (Å²) in [6.07, 6.45) is -0.335. The molecule has 0 radical (unpaired) electrons. The minimum atomic E-state index is -3.88. The van der Waals surface area contributed by atoms with Crippen LogP contribution in [-0.2, 0) is 21.2 Å². The fourth-order valence-corrected chi connectivity index (χ4v) is 3.72. The number of aryl methyl sites for hydroxylation is 1. The molecule has 0 heterocycles. The summed E-state index contributed by atoms with van der Waals surface area (Å²) >= 11 is 0. The Morgan fingerprint density at radius 2 is 1.88 bits per heavy atom. The molecule has 2 rings (SSSR count). The summed E-state index contributed by atoms with van der Waals surface area (Å²) in [6.45, 7) is 1.83. The van der Waals surface area contributed by atoms with Crippen molar-refractivity contribution in [2.75, 3.05) is 7.11 Å². The highest BCUT2D eigenvalue weighted by molar-refractivity contribution is 7.89. The van der Waals surface area contributed by atoms with E-state index in [-0.39, 0.29) is 17.1 Å². The summed E-state index contributed by atoms with van der Waals surface area (Å²) in [7, 11) is -2.57. The minimum absolute atomic E-state index is 0.0120. The Morgan fingerprint density at radius 1 is 1.23 bits per heavy atom. The van der Waals surface area contributed by atoms with Crippen molar-refractivity contribution in [1.29, 1.82) is 0 Å². The summed E-state index contributed by atoms with van der Waals surface area (Å²) in [5, 5.41) is 9.09. The number of sulfonamides is 1. The largest absolute Gasteiger partial charge is 0.494 e. The number of rotatable bonds is 8. The van der Waals surface area contributed by atoms with Gasteiger partial charge in [-0.3, -0.25) is 4.79 Å². The van der Waals surface area contributed by atoms with Crippen molar-refractivity contribution >= 4 is 16.0 Å². The van der Waals surface area contributed by atoms with Crippen molar-refractivity contribution in [3.05, 3.63) is 59.4 Å². The van der Waals surface area contributed by atoms with Crippen molar-refractivity contribution < 1.29 is 27.4 Å². The van der Waals surface area contributed by atoms with E-state index < -0.39 is 34.3 Å². The Morgan fingerprint density at radius 3 is 2.46 bits per heavy atom. The van der Waals surface area contributed by atoms with E-state index in [9.17, 15) is 17.6 Å². The Bertz CT molecular complexity index is 881. The fourth-order valence-electron chi connectivity index (χ4n) is 2.49. The molecular formula is C18H20FNO5S. The highest BCUT2D eigenvalue weighted by atomic mass is 32.2. The lowest BCUT2D eigenvalue weighted by Gasteiger charge is -2.18. The lowest BCUT2D eigenvalue weighted by molar-refractivity contribution is -0.137. The number of carboxylic acid groups (broad SMARTS) is 1. The van der Waals surface area contributed by atoms with E-state index in [2.05, 4.69) is 4.72 Å². The second-order valence-electron chi connectivity index (χ2n) is 5.90. The van der Waals surface area contributed by atoms with Crippen LogP contribution in [0.1, 0.15) is 17.5 Å². The maximum Gasteiger partial charge on any atom is 0.304 e. The molecule has 0 spiro atoms. The van der Waals surface area contributed by atoms with Crippen molar-refractivity contribution in [1.82, 2.24) is 4.72 Å². The maximum absolute atomic E-state index is 13.5. The number of carbonyl (C=O) groups is 1. The molecule has 0 aliphatic rings. The van der Waals surface area contributed by atoms with E-state index in [1.165, 1.54) is 37.4 Å². The second-order valence-corrected chi connectivity index (χ2v) is 7.62. The first kappa shape index (κ1) is 19.9. The molecule has 0 fully saturated rings. The molecule has 2 N–H and O–H groups in total. The zero-order valence-corrected chi connectivity index (χ0v) is 15.2. The number of carboxylic acids is 1. The molecule has 0 aliphatic heterocycles. The van der Waals surface area contributed by atoms with E-state index in [1.807, 2.05) is 6.92 Å². The van der Waals surface area contributed by atoms with E-state index >= 15 is 0 Å². The van der Waals surface area contributed by atoms with E-state index in [4.69, 9.17) is 9.84 Å². The molecule has 0 aliphatic carbocycles. The van der Waals surface area contributed by atoms with Crippen LogP contribution in [-0.4, -0.2) is 32.6 Å². The molecule has 1 atom stereocenters. The van der Waals surface area contributed by atoms with Gasteiger partial charge >= 0.3 is 5.97 Å². The number of ether oxygens (including phenoxy) is 1. The van der Waals surface area contributed by atoms with Crippen LogP contribution in [0, 0.1) is 12.7 Å². The maximum atomic E-state index is 13.5. The first-order valence-electron chi connectivity index (χ1n) is 7.84. The average molecular weight is 381 g/mol. The molecule has 0 amide bonds. The monoisotopic (exact) mass is 381 g/mol. The highest BCUT2D eigenvalue weighted by Gasteiger charge is 2.23. The lowest BCUT2D eigenvalue weighted by atomic mass is 10.0. The van der Waals surface area contributed by atoms with Gasteiger partial charge in [0.1, 0.15) is 0 Å². The molecule has 0 saturated heterocycles. The van der Waals surface area contributed by atoms with E-state index in [0.717, 1.165) is 5.56 Å². The molecule has 0 unspecified atom stereocenters. The molecule has 0 saturated carbocycles. The molecule has 140 valence electrons. The van der Waals surface area contributed by atoms with Crippen LogP contribution in [0.25, 0.3) is 0 Å². The van der Waals surface area contributed by atoms with Crippen molar-refractivity contribution in [2.24, 2.45) is 0 Å². The van der Waals surface area contributed by atoms with Gasteiger partial charge in [-0.05, 0) is 43.2 Å². The summed E-state index contributed by atoms with van der Waals surface area (Å²) in [6, 6.07) is 9.41. The summed E-state index contributed by atoms with van der Waals surface area (Å²) in [4.78, 5) is 11.2. The van der Waals surface area contributed by atoms with Crippen LogP contribution in [0.5, 0.6) is 5.75 Å². The normalized spacial score (nSPS) is 12.6. The highest BCUT2D eigenvalue weighted by Crippen LogP contribution is 2.20. The number of methoxy groups -OCH3 is 1. The zero-order valence-electron chi connectivity index (χ0n) is 14.4. The average Bonchev–Trinajstić information content (AvgIpc) is 2.56. The van der Waals surface area contributed by atoms with Gasteiger partial charge in [0, 0.05) is 6.04 Å². The van der Waals surface area contributed by atoms with Gasteiger partial charge in [-0.2, -0.15) is 0 Å². The van der Waals surface area contributed by atoms with Gasteiger partial charge in [0.25, 0.3) is 0 Å². The van der Waals surface area contributed by atoms with Crippen molar-refractivity contribution in [3.63, 3.8) is 0 Å². The van der Waals surface area contributed by atoms with Crippen LogP contribution in [0.2, 0.25) is 0 Å². The first-order valence-corrected chi connectivity index (χ1v) is 9.33. The molecule has 0 bridgehead atoms. The van der Waals surface area contributed by atoms with Crippen LogP contribution in [0.3, 0.4) is 0 Å². The van der Waals surface area contributed by atoms with E-state index in [0.29, 0.717) is 5.56 Å². The van der Waals surface area contributed by atoms with Crippen LogP contribution in [0.15, 0.2) is 47.4 Å². The molecule has 6 nitrogen and oxygen atoms in total. The molecule has 2 aromatic carbocycles. The standard InChI is InChI=1S/C18H20FNO5S/c1-12-3-6-15(7-4-12)26(23,24)20-14(11-18(21)22)9-13-5-8-16(19)17(10-13)25-2/h3-8,10,14,20H,9,11H2,1-2H3,(H,21,22)/t14-/m1/s1. The number of hydrogen-bond donors (Lipinski definition) is 2. The van der Waals surface area contributed by atoms with E-state index in [1.54, 1.807) is 12.1 Å². The van der Waals surface area contributed by atoms with Crippen LogP contribution >= 0.6 is 0 Å². The number of hydrogen-bond acceptors (Lipinski definition) is 4. The van der Waals surface area contributed by atoms with Gasteiger partial charge < -0.3 is 9.84 Å². The molecule has 26 heavy (non-hydrogen) atoms. The Kier molecular flexibility index (Phi) is 6.33. The number of nitrogens with one attached hydrogen (secondary N) is 1. The van der Waals surface area contributed by atoms with Crippen molar-refractivity contribution in [3.8, 4) is 5.75 Å². The number of benzene rings is 2. The molecule has 8 heteroatoms. The Labute approximate surface area is 151 Å². The molecular weight excluding hydrogens is 361 g/mol. The Balaban J connectivity index is 2.24. The smallest absolute Gasteiger partial charge is 0.304 e. The minimum Gasteiger partial charge on any atom is -0.494 e. The third kappa shape index (κ3) is 5.27. The molecule has 0 aromatic heterocycles. The predicted molar refractivity (Wildman–Crippen MR) is 94.2 cm³/mol.